The van der Waals surface area contributed by atoms with Crippen molar-refractivity contribution in [1.82, 2.24) is 24.7 Å². The normalized spacial score (nSPS) is 16.1. The van der Waals surface area contributed by atoms with E-state index in [4.69, 9.17) is 5.11 Å². The van der Waals surface area contributed by atoms with Crippen molar-refractivity contribution in [3.63, 3.8) is 0 Å². The van der Waals surface area contributed by atoms with Crippen LogP contribution in [0.25, 0.3) is 11.0 Å². The number of benzene rings is 1. The molecule has 1 aliphatic rings. The monoisotopic (exact) mass is 511 g/mol. The van der Waals surface area contributed by atoms with Crippen molar-refractivity contribution in [1.29, 1.82) is 0 Å². The third kappa shape index (κ3) is 4.55. The molecule has 0 bridgehead atoms. The van der Waals surface area contributed by atoms with Crippen molar-refractivity contribution in [2.24, 2.45) is 0 Å². The van der Waals surface area contributed by atoms with Crippen molar-refractivity contribution >= 4 is 38.5 Å². The summed E-state index contributed by atoms with van der Waals surface area (Å²) in [4.78, 5) is 13.2. The van der Waals surface area contributed by atoms with Gasteiger partial charge in [-0.1, -0.05) is 12.1 Å². The van der Waals surface area contributed by atoms with Gasteiger partial charge in [-0.3, -0.25) is 4.31 Å². The summed E-state index contributed by atoms with van der Waals surface area (Å²) in [5, 5.41) is 37.3. The lowest BCUT2D eigenvalue weighted by molar-refractivity contribution is 0.102. The molecule has 5 rings (SSSR count). The minimum atomic E-state index is -3.72. The summed E-state index contributed by atoms with van der Waals surface area (Å²) < 4.78 is 27.0. The number of phenols is 1. The van der Waals surface area contributed by atoms with Gasteiger partial charge in [-0.25, -0.2) is 23.1 Å². The first-order chi connectivity index (χ1) is 17.2. The van der Waals surface area contributed by atoms with E-state index in [1.54, 1.807) is 24.5 Å². The number of fused-ring (bicyclic) bond motifs is 2. The molecule has 0 saturated carbocycles. The molecule has 3 heterocycles. The van der Waals surface area contributed by atoms with Crippen LogP contribution >= 0.6 is 0 Å². The van der Waals surface area contributed by atoms with Crippen LogP contribution in [0.1, 0.15) is 23.6 Å². The van der Waals surface area contributed by atoms with Crippen LogP contribution in [0.5, 0.6) is 5.75 Å². The molecule has 36 heavy (non-hydrogen) atoms. The van der Waals surface area contributed by atoms with Gasteiger partial charge in [0.15, 0.2) is 5.65 Å². The molecule has 0 spiro atoms. The number of nitrogens with zero attached hydrogens (tertiary/aromatic N) is 6. The molecule has 1 aromatic carbocycles. The van der Waals surface area contributed by atoms with E-state index in [0.717, 1.165) is 39.9 Å². The predicted molar refractivity (Wildman–Crippen MR) is 133 cm³/mol. The highest BCUT2D eigenvalue weighted by molar-refractivity contribution is 7.92. The summed E-state index contributed by atoms with van der Waals surface area (Å²) >= 11 is 0. The van der Waals surface area contributed by atoms with Crippen molar-refractivity contribution in [2.75, 3.05) is 29.0 Å². The van der Waals surface area contributed by atoms with E-state index in [1.807, 2.05) is 16.8 Å². The number of aliphatic hydroxyl groups excluding tert-OH is 2. The Morgan fingerprint density at radius 3 is 2.75 bits per heavy atom. The van der Waals surface area contributed by atoms with Crippen molar-refractivity contribution in [3.8, 4) is 5.75 Å². The van der Waals surface area contributed by atoms with Gasteiger partial charge in [0.25, 0.3) is 0 Å². The maximum atomic E-state index is 12.1. The minimum Gasteiger partial charge on any atom is -0.508 e. The lowest BCUT2D eigenvalue weighted by Gasteiger charge is -2.23. The van der Waals surface area contributed by atoms with Crippen molar-refractivity contribution in [3.05, 3.63) is 60.0 Å². The van der Waals surface area contributed by atoms with Gasteiger partial charge in [0.2, 0.25) is 16.0 Å². The molecule has 0 fully saturated rings. The number of rotatable bonds is 8. The van der Waals surface area contributed by atoms with E-state index < -0.39 is 22.7 Å². The molecule has 12 nitrogen and oxygen atoms in total. The smallest absolute Gasteiger partial charge is 0.233 e. The maximum Gasteiger partial charge on any atom is 0.233 e. The Morgan fingerprint density at radius 2 is 2.03 bits per heavy atom. The number of phenolic OH excluding ortho intramolecular Hbond substituents is 1. The molecule has 4 aromatic rings. The van der Waals surface area contributed by atoms with Gasteiger partial charge in [-0.15, -0.1) is 0 Å². The zero-order valence-electron chi connectivity index (χ0n) is 19.4. The number of aliphatic hydroxyl groups is 2. The number of anilines is 3. The van der Waals surface area contributed by atoms with E-state index in [9.17, 15) is 18.6 Å². The molecule has 0 saturated heterocycles. The molecule has 13 heteroatoms. The van der Waals surface area contributed by atoms with Gasteiger partial charge >= 0.3 is 0 Å². The minimum absolute atomic E-state index is 0.0513. The number of pyridine rings is 1. The average Bonchev–Trinajstić information content (AvgIpc) is 3.47. The summed E-state index contributed by atoms with van der Waals surface area (Å²) in [7, 11) is -3.72. The van der Waals surface area contributed by atoms with Crippen molar-refractivity contribution < 1.29 is 23.7 Å². The molecular weight excluding hydrogens is 486 g/mol. The lowest BCUT2D eigenvalue weighted by atomic mass is 10.1. The van der Waals surface area contributed by atoms with Gasteiger partial charge < -0.3 is 20.6 Å². The van der Waals surface area contributed by atoms with E-state index in [1.165, 1.54) is 12.3 Å². The largest absolute Gasteiger partial charge is 0.508 e. The second-order valence-corrected chi connectivity index (χ2v) is 10.5. The Hall–Kier alpha value is -3.81. The molecule has 3 aromatic heterocycles. The topological polar surface area (TPSA) is 167 Å². The zero-order chi connectivity index (χ0) is 25.4. The Morgan fingerprint density at radius 1 is 1.19 bits per heavy atom. The summed E-state index contributed by atoms with van der Waals surface area (Å²) in [6.45, 7) is -0.892. The van der Waals surface area contributed by atoms with Crippen LogP contribution in [0.2, 0.25) is 0 Å². The number of sulfonamides is 1. The van der Waals surface area contributed by atoms with E-state index in [-0.39, 0.29) is 18.4 Å². The maximum absolute atomic E-state index is 12.1. The molecule has 0 amide bonds. The third-order valence-corrected chi connectivity index (χ3v) is 7.23. The Bertz CT molecular complexity index is 1510. The van der Waals surface area contributed by atoms with E-state index >= 15 is 0 Å². The highest BCUT2D eigenvalue weighted by Gasteiger charge is 2.28. The Labute approximate surface area is 206 Å². The number of nitrogens with one attached hydrogen (secondary N) is 1. The fraction of sp³-hybridized carbons (Fsp3) is 0.304. The van der Waals surface area contributed by atoms with Gasteiger partial charge in [-0.2, -0.15) is 10.1 Å². The highest BCUT2D eigenvalue weighted by Crippen LogP contribution is 2.39. The second-order valence-electron chi connectivity index (χ2n) is 8.62. The fourth-order valence-corrected chi connectivity index (χ4v) is 5.27. The van der Waals surface area contributed by atoms with Crippen LogP contribution in [0.4, 0.5) is 17.5 Å². The van der Waals surface area contributed by atoms with Crippen LogP contribution in [-0.4, -0.2) is 74.0 Å². The first kappa shape index (κ1) is 23.9. The molecule has 0 aliphatic heterocycles. The van der Waals surface area contributed by atoms with Gasteiger partial charge in [0, 0.05) is 6.20 Å². The molecule has 2 atom stereocenters. The number of aromatic nitrogens is 5. The summed E-state index contributed by atoms with van der Waals surface area (Å²) in [5.74, 6) is 0.705. The molecule has 2 unspecified atom stereocenters. The molecular formula is C23H25N7O5S. The average molecular weight is 512 g/mol. The standard InChI is InChI=1S/C23H25N7O5S/c1-36(34,35)29(12-16(32)13-31)21-8-5-15(11-24-21)27-23-25-9-14-10-26-30(22(14)28-23)19-7-6-18-17(19)3-2-4-20(18)33/h2-5,8-11,16,19,31-33H,6-7,12-13H2,1H3,(H,25,27,28). The Balaban J connectivity index is 1.40. The van der Waals surface area contributed by atoms with E-state index in [2.05, 4.69) is 25.4 Å². The highest BCUT2D eigenvalue weighted by atomic mass is 32.2. The molecule has 4 N–H and O–H groups in total. The molecule has 0 radical (unpaired) electrons. The van der Waals surface area contributed by atoms with Crippen LogP contribution in [0.3, 0.4) is 0 Å². The van der Waals surface area contributed by atoms with Gasteiger partial charge in [-0.05, 0) is 42.2 Å². The summed E-state index contributed by atoms with van der Waals surface area (Å²) in [6, 6.07) is 8.56. The number of aromatic hydroxyl groups is 1. The second kappa shape index (κ2) is 9.33. The zero-order valence-corrected chi connectivity index (χ0v) is 20.2. The van der Waals surface area contributed by atoms with Crippen molar-refractivity contribution in [2.45, 2.75) is 25.0 Å². The van der Waals surface area contributed by atoms with Crippen LogP contribution < -0.4 is 9.62 Å². The van der Waals surface area contributed by atoms with Gasteiger partial charge in [0.05, 0.1) is 55.0 Å². The number of hydrogen-bond acceptors (Lipinski definition) is 10. The van der Waals surface area contributed by atoms with Crippen LogP contribution in [-0.2, 0) is 16.4 Å². The molecule has 188 valence electrons. The fourth-order valence-electron chi connectivity index (χ4n) is 4.38. The number of hydrogen-bond donors (Lipinski definition) is 4. The first-order valence-electron chi connectivity index (χ1n) is 11.3. The van der Waals surface area contributed by atoms with Crippen LogP contribution in [0, 0.1) is 0 Å². The predicted octanol–water partition coefficient (Wildman–Crippen LogP) is 1.33. The lowest BCUT2D eigenvalue weighted by Crippen LogP contribution is -2.38. The summed E-state index contributed by atoms with van der Waals surface area (Å²) in [5.41, 5.74) is 3.12. The van der Waals surface area contributed by atoms with E-state index in [0.29, 0.717) is 23.0 Å². The SMILES string of the molecule is CS(=O)(=O)N(CC(O)CO)c1ccc(Nc2ncc3cnn(C4CCc5c(O)cccc54)c3n2)cn1. The summed E-state index contributed by atoms with van der Waals surface area (Å²) in [6.07, 6.45) is 6.11. The third-order valence-electron chi connectivity index (χ3n) is 6.09. The molecule has 1 aliphatic carbocycles. The Kier molecular flexibility index (Phi) is 6.20. The van der Waals surface area contributed by atoms with Gasteiger partial charge in [0.1, 0.15) is 11.6 Å². The first-order valence-corrected chi connectivity index (χ1v) is 13.1. The quantitative estimate of drug-likeness (QED) is 0.271. The van der Waals surface area contributed by atoms with Crippen LogP contribution in [0.15, 0.2) is 48.9 Å².